The quantitative estimate of drug-likeness (QED) is 0.538. The van der Waals surface area contributed by atoms with E-state index in [4.69, 9.17) is 4.74 Å². The van der Waals surface area contributed by atoms with Gasteiger partial charge in [0.15, 0.2) is 0 Å². The molecule has 2 heterocycles. The van der Waals surface area contributed by atoms with Crippen molar-refractivity contribution in [2.24, 2.45) is 0 Å². The van der Waals surface area contributed by atoms with Gasteiger partial charge in [0.05, 0.1) is 25.3 Å². The molecule has 1 amide bonds. The third-order valence-electron chi connectivity index (χ3n) is 6.59. The Morgan fingerprint density at radius 1 is 1.00 bits per heavy atom. The summed E-state index contributed by atoms with van der Waals surface area (Å²) in [5.74, 6) is 0.838. The van der Waals surface area contributed by atoms with Crippen LogP contribution in [0.1, 0.15) is 38.0 Å². The van der Waals surface area contributed by atoms with Gasteiger partial charge in [-0.25, -0.2) is 0 Å². The maximum Gasteiger partial charge on any atom is 0.256 e. The van der Waals surface area contributed by atoms with Crippen LogP contribution in [-0.4, -0.2) is 46.2 Å². The lowest BCUT2D eigenvalue weighted by Crippen LogP contribution is -3.27. The number of thiophene rings is 1. The molecule has 0 spiro atoms. The highest BCUT2D eigenvalue weighted by Crippen LogP contribution is 2.40. The number of hydrogen-bond donors (Lipinski definition) is 3. The number of piperazine rings is 1. The number of carbonyl (C=O) groups excluding carboxylic acids is 1. The largest absolute Gasteiger partial charge is 0.496 e. The van der Waals surface area contributed by atoms with Gasteiger partial charge in [0.2, 0.25) is 0 Å². The van der Waals surface area contributed by atoms with Gasteiger partial charge in [-0.1, -0.05) is 30.3 Å². The maximum absolute atomic E-state index is 13.0. The SMILES string of the molecule is COc1ccccc1C(c1c(NC(=O)c2ccccc2)sc(C)c1C)[NH+]1CC[NH+](C)CC1. The molecule has 3 N–H and O–H groups in total. The van der Waals surface area contributed by atoms with Crippen molar-refractivity contribution in [3.63, 3.8) is 0 Å². The molecular weight excluding hydrogens is 418 g/mol. The third kappa shape index (κ3) is 4.58. The fourth-order valence-electron chi connectivity index (χ4n) is 4.62. The number of ether oxygens (including phenoxy) is 1. The predicted molar refractivity (Wildman–Crippen MR) is 130 cm³/mol. The molecule has 0 saturated carbocycles. The number of nitrogens with one attached hydrogen (secondary N) is 3. The fraction of sp³-hybridized carbons (Fsp3) is 0.346. The number of likely N-dealkylation sites (N-methyl/N-ethyl adjacent to an activating group) is 1. The summed E-state index contributed by atoms with van der Waals surface area (Å²) in [6, 6.07) is 17.9. The van der Waals surface area contributed by atoms with Crippen LogP contribution in [0.3, 0.4) is 0 Å². The number of carbonyl (C=O) groups is 1. The molecule has 3 aromatic rings. The van der Waals surface area contributed by atoms with Crippen LogP contribution < -0.4 is 19.9 Å². The normalized spacial score (nSPS) is 19.4. The first kappa shape index (κ1) is 22.5. The number of para-hydroxylation sites is 1. The summed E-state index contributed by atoms with van der Waals surface area (Å²) >= 11 is 1.67. The van der Waals surface area contributed by atoms with Crippen LogP contribution in [0.25, 0.3) is 0 Å². The molecule has 1 aliphatic heterocycles. The lowest BCUT2D eigenvalue weighted by Gasteiger charge is -2.34. The van der Waals surface area contributed by atoms with Gasteiger partial charge >= 0.3 is 0 Å². The minimum atomic E-state index is -0.0651. The van der Waals surface area contributed by atoms with Crippen molar-refractivity contribution in [3.05, 3.63) is 81.7 Å². The number of benzene rings is 2. The van der Waals surface area contributed by atoms with E-state index in [1.165, 1.54) is 26.5 Å². The summed E-state index contributed by atoms with van der Waals surface area (Å²) in [5.41, 5.74) is 4.33. The van der Waals surface area contributed by atoms with Crippen molar-refractivity contribution < 1.29 is 19.3 Å². The molecule has 32 heavy (non-hydrogen) atoms. The second-order valence-corrected chi connectivity index (χ2v) is 9.86. The Morgan fingerprint density at radius 2 is 1.66 bits per heavy atom. The second-order valence-electron chi connectivity index (χ2n) is 8.64. The Labute approximate surface area is 194 Å². The zero-order chi connectivity index (χ0) is 22.7. The van der Waals surface area contributed by atoms with Crippen LogP contribution in [-0.2, 0) is 0 Å². The first-order valence-electron chi connectivity index (χ1n) is 11.2. The van der Waals surface area contributed by atoms with Crippen molar-refractivity contribution >= 4 is 22.2 Å². The molecule has 1 atom stereocenters. The first-order valence-corrected chi connectivity index (χ1v) is 12.1. The van der Waals surface area contributed by atoms with E-state index in [0.717, 1.165) is 36.9 Å². The molecule has 6 heteroatoms. The van der Waals surface area contributed by atoms with Crippen LogP contribution in [0.4, 0.5) is 5.00 Å². The molecule has 1 saturated heterocycles. The van der Waals surface area contributed by atoms with E-state index in [0.29, 0.717) is 5.56 Å². The van der Waals surface area contributed by atoms with E-state index >= 15 is 0 Å². The molecule has 1 aliphatic rings. The zero-order valence-corrected chi connectivity index (χ0v) is 20.1. The van der Waals surface area contributed by atoms with Crippen LogP contribution in [0.15, 0.2) is 54.6 Å². The Morgan fingerprint density at radius 3 is 2.34 bits per heavy atom. The van der Waals surface area contributed by atoms with Crippen molar-refractivity contribution in [1.29, 1.82) is 0 Å². The Hall–Kier alpha value is -2.67. The highest BCUT2D eigenvalue weighted by atomic mass is 32.1. The van der Waals surface area contributed by atoms with Crippen molar-refractivity contribution in [2.75, 3.05) is 45.7 Å². The summed E-state index contributed by atoms with van der Waals surface area (Å²) < 4.78 is 5.79. The van der Waals surface area contributed by atoms with Gasteiger partial charge in [-0.3, -0.25) is 4.79 Å². The van der Waals surface area contributed by atoms with E-state index in [-0.39, 0.29) is 11.9 Å². The number of hydrogen-bond acceptors (Lipinski definition) is 3. The molecular formula is C26H33N3O2S+2. The Balaban J connectivity index is 1.79. The predicted octanol–water partition coefficient (Wildman–Crippen LogP) is 2.13. The van der Waals surface area contributed by atoms with E-state index in [2.05, 4.69) is 38.3 Å². The number of aryl methyl sites for hydroxylation is 1. The van der Waals surface area contributed by atoms with E-state index in [1.54, 1.807) is 23.3 Å². The molecule has 0 aliphatic carbocycles. The molecule has 1 fully saturated rings. The van der Waals surface area contributed by atoms with E-state index in [1.807, 2.05) is 42.5 Å². The number of anilines is 1. The lowest BCUT2D eigenvalue weighted by atomic mass is 9.93. The average molecular weight is 452 g/mol. The van der Waals surface area contributed by atoms with Crippen LogP contribution in [0.5, 0.6) is 5.75 Å². The smallest absolute Gasteiger partial charge is 0.256 e. The molecule has 5 nitrogen and oxygen atoms in total. The molecule has 2 aromatic carbocycles. The summed E-state index contributed by atoms with van der Waals surface area (Å²) in [4.78, 5) is 17.4. The third-order valence-corrected chi connectivity index (χ3v) is 7.73. The molecule has 1 aromatic heterocycles. The number of rotatable bonds is 6. The first-order chi connectivity index (χ1) is 15.5. The summed E-state index contributed by atoms with van der Waals surface area (Å²) in [5, 5.41) is 4.19. The lowest BCUT2D eigenvalue weighted by molar-refractivity contribution is -1.02. The minimum absolute atomic E-state index is 0.0651. The standard InChI is InChI=1S/C26H31N3O2S/c1-18-19(2)32-26(27-25(30)20-10-6-5-7-11-20)23(18)24(29-16-14-28(3)15-17-29)21-12-8-9-13-22(21)31-4/h5-13,24H,14-17H2,1-4H3,(H,27,30)/p+2. The maximum atomic E-state index is 13.0. The molecule has 0 bridgehead atoms. The van der Waals surface area contributed by atoms with E-state index in [9.17, 15) is 4.79 Å². The monoisotopic (exact) mass is 451 g/mol. The Kier molecular flexibility index (Phi) is 6.94. The van der Waals surface area contributed by atoms with Gasteiger partial charge in [-0.05, 0) is 43.7 Å². The average Bonchev–Trinajstić information content (AvgIpc) is 3.09. The molecule has 168 valence electrons. The van der Waals surface area contributed by atoms with Gasteiger partial charge in [0.25, 0.3) is 5.91 Å². The Bertz CT molecular complexity index is 1070. The van der Waals surface area contributed by atoms with Crippen LogP contribution >= 0.6 is 11.3 Å². The van der Waals surface area contributed by atoms with Gasteiger partial charge in [-0.15, -0.1) is 11.3 Å². The highest BCUT2D eigenvalue weighted by molar-refractivity contribution is 7.16. The summed E-state index contributed by atoms with van der Waals surface area (Å²) in [6.45, 7) is 8.75. The summed E-state index contributed by atoms with van der Waals surface area (Å²) in [6.07, 6.45) is 0. The molecule has 1 unspecified atom stereocenters. The van der Waals surface area contributed by atoms with Gasteiger partial charge < -0.3 is 19.9 Å². The zero-order valence-electron chi connectivity index (χ0n) is 19.3. The van der Waals surface area contributed by atoms with Crippen molar-refractivity contribution in [1.82, 2.24) is 0 Å². The molecule has 4 rings (SSSR count). The summed E-state index contributed by atoms with van der Waals surface area (Å²) in [7, 11) is 4.00. The van der Waals surface area contributed by atoms with Crippen molar-refractivity contribution in [2.45, 2.75) is 19.9 Å². The number of amides is 1. The second kappa shape index (κ2) is 9.86. The van der Waals surface area contributed by atoms with Gasteiger partial charge in [-0.2, -0.15) is 0 Å². The van der Waals surface area contributed by atoms with Gasteiger partial charge in [0.1, 0.15) is 43.0 Å². The van der Waals surface area contributed by atoms with E-state index < -0.39 is 0 Å². The van der Waals surface area contributed by atoms with Gasteiger partial charge in [0, 0.05) is 10.4 Å². The fourth-order valence-corrected chi connectivity index (χ4v) is 5.71. The van der Waals surface area contributed by atoms with Crippen molar-refractivity contribution in [3.8, 4) is 5.75 Å². The van der Waals surface area contributed by atoms with Crippen LogP contribution in [0, 0.1) is 13.8 Å². The minimum Gasteiger partial charge on any atom is -0.496 e. The number of quaternary nitrogens is 2. The topological polar surface area (TPSA) is 47.2 Å². The van der Waals surface area contributed by atoms with Crippen LogP contribution in [0.2, 0.25) is 0 Å². The highest BCUT2D eigenvalue weighted by Gasteiger charge is 2.36. The number of methoxy groups -OCH3 is 1. The molecule has 0 radical (unpaired) electrons.